The molecule has 0 radical (unpaired) electrons. The third-order valence-electron chi connectivity index (χ3n) is 3.36. The van der Waals surface area contributed by atoms with Gasteiger partial charge in [-0.05, 0) is 64.3 Å². The van der Waals surface area contributed by atoms with Crippen molar-refractivity contribution in [2.45, 2.75) is 24.7 Å². The summed E-state index contributed by atoms with van der Waals surface area (Å²) in [5.74, 6) is 0.229. The summed E-state index contributed by atoms with van der Waals surface area (Å²) in [7, 11) is -3.75. The average Bonchev–Trinajstić information content (AvgIpc) is 2.54. The number of nitrogens with one attached hydrogen (secondary N) is 1. The van der Waals surface area contributed by atoms with Crippen molar-refractivity contribution in [3.8, 4) is 5.75 Å². The van der Waals surface area contributed by atoms with Gasteiger partial charge < -0.3 is 10.1 Å². The lowest BCUT2D eigenvalue weighted by Gasteiger charge is -2.10. The van der Waals surface area contributed by atoms with Crippen LogP contribution < -0.4 is 15.2 Å². The maximum absolute atomic E-state index is 12.0. The normalized spacial score (nSPS) is 11.2. The van der Waals surface area contributed by atoms with Crippen LogP contribution in [0.15, 0.2) is 51.8 Å². The number of carbonyl (C=O) groups is 1. The van der Waals surface area contributed by atoms with E-state index in [9.17, 15) is 13.2 Å². The number of benzene rings is 2. The van der Waals surface area contributed by atoms with Gasteiger partial charge in [-0.1, -0.05) is 19.4 Å². The third-order valence-corrected chi connectivity index (χ3v) is 4.91. The predicted molar refractivity (Wildman–Crippen MR) is 100 cm³/mol. The molecule has 0 aliphatic carbocycles. The summed E-state index contributed by atoms with van der Waals surface area (Å²) in [4.78, 5) is 11.9. The van der Waals surface area contributed by atoms with Crippen LogP contribution in [0.5, 0.6) is 5.75 Å². The molecule has 0 aliphatic heterocycles. The first-order valence-electron chi connectivity index (χ1n) is 7.63. The molecule has 25 heavy (non-hydrogen) atoms. The zero-order valence-electron chi connectivity index (χ0n) is 13.7. The van der Waals surface area contributed by atoms with Crippen molar-refractivity contribution in [3.05, 3.63) is 52.5 Å². The zero-order chi connectivity index (χ0) is 18.4. The molecule has 0 aromatic heterocycles. The van der Waals surface area contributed by atoms with Crippen LogP contribution >= 0.6 is 15.9 Å². The molecule has 8 heteroatoms. The first kappa shape index (κ1) is 19.4. The highest BCUT2D eigenvalue weighted by Gasteiger charge is 2.09. The van der Waals surface area contributed by atoms with Crippen molar-refractivity contribution in [3.63, 3.8) is 0 Å². The number of nitrogens with two attached hydrogens (primary N) is 1. The van der Waals surface area contributed by atoms with Crippen LogP contribution in [0.1, 0.15) is 18.9 Å². The Labute approximate surface area is 155 Å². The second-order valence-electron chi connectivity index (χ2n) is 5.42. The standard InChI is InChI=1S/C17H19BrN2O4S/c1-2-3-12-4-9-16(15(18)10-12)24-11-17(21)20-13-5-7-14(8-6-13)25(19,22)23/h4-10H,2-3,11H2,1H3,(H,20,21)(H2,19,22,23). The van der Waals surface area contributed by atoms with Crippen LogP contribution in [0.4, 0.5) is 5.69 Å². The smallest absolute Gasteiger partial charge is 0.262 e. The molecule has 1 amide bonds. The van der Waals surface area contributed by atoms with Gasteiger partial charge in [0.05, 0.1) is 9.37 Å². The molecular weight excluding hydrogens is 408 g/mol. The molecule has 0 bridgehead atoms. The minimum absolute atomic E-state index is 0.0159. The molecule has 0 saturated carbocycles. The summed E-state index contributed by atoms with van der Waals surface area (Å²) in [6.45, 7) is 1.95. The number of primary sulfonamides is 1. The monoisotopic (exact) mass is 426 g/mol. The summed E-state index contributed by atoms with van der Waals surface area (Å²) in [5.41, 5.74) is 1.65. The van der Waals surface area contributed by atoms with Crippen LogP contribution in [0.25, 0.3) is 0 Å². The van der Waals surface area contributed by atoms with E-state index in [1.54, 1.807) is 0 Å². The summed E-state index contributed by atoms with van der Waals surface area (Å²) < 4.78 is 28.7. The van der Waals surface area contributed by atoms with Gasteiger partial charge in [0.15, 0.2) is 6.61 Å². The fourth-order valence-electron chi connectivity index (χ4n) is 2.17. The number of sulfonamides is 1. The van der Waals surface area contributed by atoms with Gasteiger partial charge in [0.1, 0.15) is 5.75 Å². The molecule has 2 rings (SSSR count). The highest BCUT2D eigenvalue weighted by atomic mass is 79.9. The van der Waals surface area contributed by atoms with Crippen molar-refractivity contribution in [1.82, 2.24) is 0 Å². The first-order valence-corrected chi connectivity index (χ1v) is 9.97. The van der Waals surface area contributed by atoms with Gasteiger partial charge >= 0.3 is 0 Å². The van der Waals surface area contributed by atoms with E-state index in [1.807, 2.05) is 18.2 Å². The minimum atomic E-state index is -3.75. The third kappa shape index (κ3) is 5.84. The molecule has 0 saturated heterocycles. The van der Waals surface area contributed by atoms with Gasteiger partial charge in [-0.3, -0.25) is 4.79 Å². The number of hydrogen-bond acceptors (Lipinski definition) is 4. The van der Waals surface area contributed by atoms with Crippen LogP contribution in [0.3, 0.4) is 0 Å². The molecule has 2 aromatic carbocycles. The minimum Gasteiger partial charge on any atom is -0.483 e. The Morgan fingerprint density at radius 2 is 1.88 bits per heavy atom. The summed E-state index contributed by atoms with van der Waals surface area (Å²) in [6.07, 6.45) is 2.03. The largest absolute Gasteiger partial charge is 0.483 e. The summed E-state index contributed by atoms with van der Waals surface area (Å²) in [6, 6.07) is 11.4. The molecule has 3 N–H and O–H groups in total. The molecule has 0 spiro atoms. The number of amides is 1. The Morgan fingerprint density at radius 1 is 1.20 bits per heavy atom. The second kappa shape index (κ2) is 8.46. The number of anilines is 1. The van der Waals surface area contributed by atoms with Gasteiger partial charge in [-0.25, -0.2) is 13.6 Å². The highest BCUT2D eigenvalue weighted by molar-refractivity contribution is 9.10. The molecule has 2 aromatic rings. The number of hydrogen-bond donors (Lipinski definition) is 2. The summed E-state index contributed by atoms with van der Waals surface area (Å²) >= 11 is 3.44. The fraction of sp³-hybridized carbons (Fsp3) is 0.235. The molecule has 0 atom stereocenters. The Balaban J connectivity index is 1.92. The molecule has 0 aliphatic rings. The van der Waals surface area contributed by atoms with Gasteiger partial charge in [-0.2, -0.15) is 0 Å². The molecule has 134 valence electrons. The topological polar surface area (TPSA) is 98.5 Å². The Kier molecular flexibility index (Phi) is 6.57. The fourth-order valence-corrected chi connectivity index (χ4v) is 3.23. The van der Waals surface area contributed by atoms with Crippen molar-refractivity contribution < 1.29 is 17.9 Å². The Bertz CT molecular complexity index is 851. The predicted octanol–water partition coefficient (Wildman–Crippen LogP) is 3.07. The number of aryl methyl sites for hydroxylation is 1. The van der Waals surface area contributed by atoms with E-state index in [2.05, 4.69) is 28.2 Å². The first-order chi connectivity index (χ1) is 11.8. The zero-order valence-corrected chi connectivity index (χ0v) is 16.1. The van der Waals surface area contributed by atoms with Crippen molar-refractivity contribution in [2.24, 2.45) is 5.14 Å². The molecule has 0 fully saturated rings. The van der Waals surface area contributed by atoms with Crippen LogP contribution in [0, 0.1) is 0 Å². The van der Waals surface area contributed by atoms with Gasteiger partial charge in [0.2, 0.25) is 10.0 Å². The highest BCUT2D eigenvalue weighted by Crippen LogP contribution is 2.26. The van der Waals surface area contributed by atoms with E-state index >= 15 is 0 Å². The van der Waals surface area contributed by atoms with Crippen LogP contribution in [-0.2, 0) is 21.2 Å². The second-order valence-corrected chi connectivity index (χ2v) is 7.84. The number of rotatable bonds is 7. The SMILES string of the molecule is CCCc1ccc(OCC(=O)Nc2ccc(S(N)(=O)=O)cc2)c(Br)c1. The van der Waals surface area contributed by atoms with Crippen molar-refractivity contribution in [2.75, 3.05) is 11.9 Å². The van der Waals surface area contributed by atoms with E-state index in [1.165, 1.54) is 29.8 Å². The molecular formula is C17H19BrN2O4S. The Morgan fingerprint density at radius 3 is 2.44 bits per heavy atom. The van der Waals surface area contributed by atoms with Crippen LogP contribution in [0.2, 0.25) is 0 Å². The van der Waals surface area contributed by atoms with Crippen molar-refractivity contribution >= 4 is 37.5 Å². The van der Waals surface area contributed by atoms with Gasteiger partial charge in [-0.15, -0.1) is 0 Å². The summed E-state index contributed by atoms with van der Waals surface area (Å²) in [5, 5.41) is 7.65. The number of halogens is 1. The van der Waals surface area contributed by atoms with E-state index in [0.29, 0.717) is 11.4 Å². The maximum Gasteiger partial charge on any atom is 0.262 e. The lowest BCUT2D eigenvalue weighted by molar-refractivity contribution is -0.118. The average molecular weight is 427 g/mol. The maximum atomic E-state index is 12.0. The van der Waals surface area contributed by atoms with Crippen molar-refractivity contribution in [1.29, 1.82) is 0 Å². The van der Waals surface area contributed by atoms with Gasteiger partial charge in [0, 0.05) is 5.69 Å². The van der Waals surface area contributed by atoms with Gasteiger partial charge in [0.25, 0.3) is 5.91 Å². The molecule has 0 unspecified atom stereocenters. The van der Waals surface area contributed by atoms with E-state index in [-0.39, 0.29) is 17.4 Å². The quantitative estimate of drug-likeness (QED) is 0.710. The van der Waals surface area contributed by atoms with Crippen LogP contribution in [-0.4, -0.2) is 20.9 Å². The number of ether oxygens (including phenoxy) is 1. The lowest BCUT2D eigenvalue weighted by atomic mass is 10.1. The lowest BCUT2D eigenvalue weighted by Crippen LogP contribution is -2.20. The molecule has 6 nitrogen and oxygen atoms in total. The number of carbonyl (C=O) groups excluding carboxylic acids is 1. The Hall–Kier alpha value is -1.90. The van der Waals surface area contributed by atoms with E-state index in [0.717, 1.165) is 17.3 Å². The van der Waals surface area contributed by atoms with E-state index < -0.39 is 10.0 Å². The van der Waals surface area contributed by atoms with E-state index in [4.69, 9.17) is 9.88 Å². The molecule has 0 heterocycles.